The van der Waals surface area contributed by atoms with Crippen molar-refractivity contribution in [3.8, 4) is 0 Å². The van der Waals surface area contributed by atoms with E-state index in [0.717, 1.165) is 12.8 Å². The van der Waals surface area contributed by atoms with Crippen molar-refractivity contribution >= 4 is 5.84 Å². The van der Waals surface area contributed by atoms with E-state index in [1.54, 1.807) is 0 Å². The van der Waals surface area contributed by atoms with Gasteiger partial charge in [0.15, 0.2) is 0 Å². The van der Waals surface area contributed by atoms with Crippen LogP contribution in [-0.2, 0) is 0 Å². The van der Waals surface area contributed by atoms with Gasteiger partial charge in [0.2, 0.25) is 0 Å². The molecule has 0 aliphatic carbocycles. The molecule has 124 valence electrons. The number of nitrogens with zero attached hydrogens (tertiary/aromatic N) is 3. The van der Waals surface area contributed by atoms with Crippen LogP contribution in [0.4, 0.5) is 0 Å². The van der Waals surface area contributed by atoms with Crippen LogP contribution < -0.4 is 5.73 Å². The minimum atomic E-state index is -0.204. The molecule has 5 nitrogen and oxygen atoms in total. The molecule has 3 N–H and O–H groups in total. The lowest BCUT2D eigenvalue weighted by Gasteiger charge is -2.38. The summed E-state index contributed by atoms with van der Waals surface area (Å²) >= 11 is 0. The first-order valence-corrected chi connectivity index (χ1v) is 8.35. The second kappa shape index (κ2) is 8.59. The van der Waals surface area contributed by atoms with E-state index in [0.29, 0.717) is 11.9 Å². The molecule has 0 aromatic carbocycles. The Morgan fingerprint density at radius 2 is 1.86 bits per heavy atom. The Kier molecular flexibility index (Phi) is 7.46. The van der Waals surface area contributed by atoms with E-state index >= 15 is 0 Å². The smallest absolute Gasteiger partial charge is 0.144 e. The van der Waals surface area contributed by atoms with Crippen molar-refractivity contribution in [2.45, 2.75) is 59.4 Å². The molecule has 5 heteroatoms. The van der Waals surface area contributed by atoms with Crippen LogP contribution in [0.1, 0.15) is 53.4 Å². The number of hydrogen-bond donors (Lipinski definition) is 2. The predicted octanol–water partition coefficient (Wildman–Crippen LogP) is 2.35. The summed E-state index contributed by atoms with van der Waals surface area (Å²) in [6, 6.07) is 0.716. The first kappa shape index (κ1) is 18.2. The van der Waals surface area contributed by atoms with E-state index in [4.69, 9.17) is 10.9 Å². The normalized spacial score (nSPS) is 20.7. The second-order valence-corrected chi connectivity index (χ2v) is 6.96. The fourth-order valence-electron chi connectivity index (χ4n) is 2.85. The van der Waals surface area contributed by atoms with E-state index in [9.17, 15) is 0 Å². The third-order valence-corrected chi connectivity index (χ3v) is 4.95. The summed E-state index contributed by atoms with van der Waals surface area (Å²) in [6.45, 7) is 14.6. The van der Waals surface area contributed by atoms with Crippen molar-refractivity contribution in [2.24, 2.45) is 16.3 Å². The fourth-order valence-corrected chi connectivity index (χ4v) is 2.85. The van der Waals surface area contributed by atoms with Gasteiger partial charge in [-0.25, -0.2) is 0 Å². The molecule has 1 aliphatic heterocycles. The van der Waals surface area contributed by atoms with Crippen molar-refractivity contribution in [2.75, 3.05) is 32.7 Å². The first-order valence-electron chi connectivity index (χ1n) is 8.35. The van der Waals surface area contributed by atoms with Crippen molar-refractivity contribution < 1.29 is 5.21 Å². The van der Waals surface area contributed by atoms with Gasteiger partial charge in [-0.3, -0.25) is 4.90 Å². The Bertz CT molecular complexity index is 322. The third kappa shape index (κ3) is 5.83. The lowest BCUT2D eigenvalue weighted by atomic mass is 9.86. The van der Waals surface area contributed by atoms with Gasteiger partial charge in [0, 0.05) is 37.6 Å². The summed E-state index contributed by atoms with van der Waals surface area (Å²) < 4.78 is 0. The predicted molar refractivity (Wildman–Crippen MR) is 88.8 cm³/mol. The average Bonchev–Trinajstić information content (AvgIpc) is 2.50. The number of unbranched alkanes of at least 4 members (excludes halogenated alkanes) is 1. The topological polar surface area (TPSA) is 65.1 Å². The van der Waals surface area contributed by atoms with Gasteiger partial charge in [0.1, 0.15) is 5.84 Å². The van der Waals surface area contributed by atoms with E-state index in [1.807, 2.05) is 13.8 Å². The van der Waals surface area contributed by atoms with Crippen LogP contribution in [0, 0.1) is 5.41 Å². The van der Waals surface area contributed by atoms with Crippen LogP contribution in [0.5, 0.6) is 0 Å². The Hall–Kier alpha value is -0.810. The molecule has 0 bridgehead atoms. The SMILES string of the molecule is CCC(C)N1CCN(CCCCC(C)(C)C(N)=NO)CC1. The standard InChI is InChI=1S/C16H34N4O/c1-5-14(2)20-12-10-19(11-13-20)9-7-6-8-16(3,4)15(17)18-21/h14,21H,5-13H2,1-4H3,(H2,17,18). The molecule has 0 spiro atoms. The van der Waals surface area contributed by atoms with Crippen LogP contribution in [-0.4, -0.2) is 59.6 Å². The molecule has 0 aromatic heterocycles. The van der Waals surface area contributed by atoms with E-state index in [2.05, 4.69) is 28.8 Å². The summed E-state index contributed by atoms with van der Waals surface area (Å²) in [6.07, 6.45) is 4.51. The maximum Gasteiger partial charge on any atom is 0.144 e. The summed E-state index contributed by atoms with van der Waals surface area (Å²) in [5.41, 5.74) is 5.51. The van der Waals surface area contributed by atoms with Gasteiger partial charge in [-0.05, 0) is 32.7 Å². The summed E-state index contributed by atoms with van der Waals surface area (Å²) in [5, 5.41) is 11.9. The second-order valence-electron chi connectivity index (χ2n) is 6.96. The molecule has 1 saturated heterocycles. The first-order chi connectivity index (χ1) is 9.90. The Balaban J connectivity index is 2.18. The molecule has 1 aliphatic rings. The average molecular weight is 298 g/mol. The maximum atomic E-state index is 8.77. The highest BCUT2D eigenvalue weighted by Crippen LogP contribution is 2.23. The molecular weight excluding hydrogens is 264 g/mol. The molecule has 0 saturated carbocycles. The molecular formula is C16H34N4O. The molecule has 0 amide bonds. The molecule has 1 rings (SSSR count). The molecule has 0 aromatic rings. The van der Waals surface area contributed by atoms with Gasteiger partial charge in [0.05, 0.1) is 0 Å². The monoisotopic (exact) mass is 298 g/mol. The number of hydrogen-bond acceptors (Lipinski definition) is 4. The number of amidine groups is 1. The quantitative estimate of drug-likeness (QED) is 0.237. The lowest BCUT2D eigenvalue weighted by molar-refractivity contribution is 0.0991. The summed E-state index contributed by atoms with van der Waals surface area (Å²) in [4.78, 5) is 5.16. The molecule has 1 unspecified atom stereocenters. The van der Waals surface area contributed by atoms with Crippen LogP contribution in [0.15, 0.2) is 5.16 Å². The fraction of sp³-hybridized carbons (Fsp3) is 0.938. The number of rotatable bonds is 8. The highest BCUT2D eigenvalue weighted by atomic mass is 16.4. The van der Waals surface area contributed by atoms with Crippen LogP contribution in [0.2, 0.25) is 0 Å². The Labute approximate surface area is 130 Å². The van der Waals surface area contributed by atoms with Crippen molar-refractivity contribution in [3.63, 3.8) is 0 Å². The molecule has 1 fully saturated rings. The Morgan fingerprint density at radius 3 is 2.38 bits per heavy atom. The highest BCUT2D eigenvalue weighted by Gasteiger charge is 2.23. The van der Waals surface area contributed by atoms with Gasteiger partial charge in [-0.15, -0.1) is 0 Å². The molecule has 1 heterocycles. The molecule has 0 radical (unpaired) electrons. The van der Waals surface area contributed by atoms with Gasteiger partial charge >= 0.3 is 0 Å². The summed E-state index contributed by atoms with van der Waals surface area (Å²) in [5.74, 6) is 0.338. The van der Waals surface area contributed by atoms with Crippen LogP contribution in [0.3, 0.4) is 0 Å². The highest BCUT2D eigenvalue weighted by molar-refractivity contribution is 5.85. The minimum Gasteiger partial charge on any atom is -0.409 e. The van der Waals surface area contributed by atoms with Crippen molar-refractivity contribution in [3.05, 3.63) is 0 Å². The number of nitrogens with two attached hydrogens (primary N) is 1. The molecule has 21 heavy (non-hydrogen) atoms. The van der Waals surface area contributed by atoms with E-state index in [1.165, 1.54) is 45.6 Å². The van der Waals surface area contributed by atoms with Crippen LogP contribution >= 0.6 is 0 Å². The molecule has 1 atom stereocenters. The van der Waals surface area contributed by atoms with Crippen molar-refractivity contribution in [1.29, 1.82) is 0 Å². The van der Waals surface area contributed by atoms with Gasteiger partial charge in [-0.2, -0.15) is 0 Å². The zero-order chi connectivity index (χ0) is 15.9. The van der Waals surface area contributed by atoms with Gasteiger partial charge in [-0.1, -0.05) is 32.3 Å². The van der Waals surface area contributed by atoms with Crippen LogP contribution in [0.25, 0.3) is 0 Å². The summed E-state index contributed by atoms with van der Waals surface area (Å²) in [7, 11) is 0. The maximum absolute atomic E-state index is 8.77. The zero-order valence-corrected chi connectivity index (χ0v) is 14.3. The Morgan fingerprint density at radius 1 is 1.24 bits per heavy atom. The zero-order valence-electron chi connectivity index (χ0n) is 14.3. The van der Waals surface area contributed by atoms with E-state index in [-0.39, 0.29) is 5.41 Å². The van der Waals surface area contributed by atoms with Gasteiger partial charge < -0.3 is 15.8 Å². The third-order valence-electron chi connectivity index (χ3n) is 4.95. The lowest BCUT2D eigenvalue weighted by Crippen LogP contribution is -2.49. The van der Waals surface area contributed by atoms with E-state index < -0.39 is 0 Å². The number of oxime groups is 1. The minimum absolute atomic E-state index is 0.204. The number of piperazine rings is 1. The van der Waals surface area contributed by atoms with Crippen molar-refractivity contribution in [1.82, 2.24) is 9.80 Å². The largest absolute Gasteiger partial charge is 0.409 e. The van der Waals surface area contributed by atoms with Gasteiger partial charge in [0.25, 0.3) is 0 Å².